The predicted octanol–water partition coefficient (Wildman–Crippen LogP) is 2.30. The first-order valence-corrected chi connectivity index (χ1v) is 5.14. The van der Waals surface area contributed by atoms with Crippen molar-refractivity contribution in [3.63, 3.8) is 0 Å². The quantitative estimate of drug-likeness (QED) is 0.593. The van der Waals surface area contributed by atoms with Crippen molar-refractivity contribution >= 4 is 0 Å². The van der Waals surface area contributed by atoms with Crippen LogP contribution >= 0.6 is 0 Å². The van der Waals surface area contributed by atoms with Crippen LogP contribution in [0.5, 0.6) is 0 Å². The van der Waals surface area contributed by atoms with Gasteiger partial charge in [0.25, 0.3) is 0 Å². The number of aromatic nitrogens is 2. The van der Waals surface area contributed by atoms with Crippen LogP contribution in [0.25, 0.3) is 0 Å². The summed E-state index contributed by atoms with van der Waals surface area (Å²) in [5.74, 6) is 2.26. The summed E-state index contributed by atoms with van der Waals surface area (Å²) in [7, 11) is 0. The predicted molar refractivity (Wildman–Crippen MR) is 51.8 cm³/mol. The number of hydrogen-bond acceptors (Lipinski definition) is 1. The van der Waals surface area contributed by atoms with Crippen molar-refractivity contribution in [2.45, 2.75) is 45.1 Å². The highest BCUT2D eigenvalue weighted by Crippen LogP contribution is 2.52. The second kappa shape index (κ2) is 1.99. The molecule has 0 bridgehead atoms. The van der Waals surface area contributed by atoms with Crippen LogP contribution in [-0.2, 0) is 11.8 Å². The van der Waals surface area contributed by atoms with Gasteiger partial charge in [0.15, 0.2) is 0 Å². The van der Waals surface area contributed by atoms with Crippen LogP contribution < -0.4 is 0 Å². The van der Waals surface area contributed by atoms with Gasteiger partial charge < -0.3 is 4.57 Å². The molecule has 0 N–H and O–H groups in total. The fraction of sp³-hybridized carbons (Fsp3) is 0.727. The number of hydrogen-bond donors (Lipinski definition) is 0. The van der Waals surface area contributed by atoms with E-state index in [4.69, 9.17) is 0 Å². The van der Waals surface area contributed by atoms with Crippen molar-refractivity contribution in [2.24, 2.45) is 5.92 Å². The van der Waals surface area contributed by atoms with Crippen LogP contribution in [0.2, 0.25) is 0 Å². The first-order valence-electron chi connectivity index (χ1n) is 5.14. The van der Waals surface area contributed by atoms with Gasteiger partial charge in [-0.05, 0) is 12.3 Å². The molecule has 0 aromatic carbocycles. The summed E-state index contributed by atoms with van der Waals surface area (Å²) in [6.07, 6.45) is 4.69. The topological polar surface area (TPSA) is 17.8 Å². The van der Waals surface area contributed by atoms with Crippen molar-refractivity contribution in [3.8, 4) is 0 Å². The molecule has 2 aliphatic rings. The van der Waals surface area contributed by atoms with E-state index in [2.05, 4.69) is 36.5 Å². The molecule has 70 valence electrons. The molecule has 1 aromatic rings. The third-order valence-electron chi connectivity index (χ3n) is 3.30. The SMILES string of the molecule is CC(C)(C)c1cnc2n1C1CC1C2. The molecule has 2 nitrogen and oxygen atoms in total. The van der Waals surface area contributed by atoms with Crippen molar-refractivity contribution in [1.29, 1.82) is 0 Å². The smallest absolute Gasteiger partial charge is 0.109 e. The maximum Gasteiger partial charge on any atom is 0.109 e. The van der Waals surface area contributed by atoms with E-state index in [9.17, 15) is 0 Å². The van der Waals surface area contributed by atoms with Gasteiger partial charge in [-0.1, -0.05) is 20.8 Å². The molecule has 2 heterocycles. The van der Waals surface area contributed by atoms with Gasteiger partial charge in [-0.3, -0.25) is 0 Å². The normalized spacial score (nSPS) is 30.1. The summed E-state index contributed by atoms with van der Waals surface area (Å²) >= 11 is 0. The van der Waals surface area contributed by atoms with Crippen LogP contribution in [0.4, 0.5) is 0 Å². The lowest BCUT2D eigenvalue weighted by molar-refractivity contribution is 0.522. The van der Waals surface area contributed by atoms with Gasteiger partial charge in [0.2, 0.25) is 0 Å². The first kappa shape index (κ1) is 7.60. The molecule has 0 radical (unpaired) electrons. The molecule has 1 aromatic heterocycles. The lowest BCUT2D eigenvalue weighted by Crippen LogP contribution is -2.16. The van der Waals surface area contributed by atoms with E-state index in [1.807, 2.05) is 0 Å². The minimum Gasteiger partial charge on any atom is -0.328 e. The lowest BCUT2D eigenvalue weighted by Gasteiger charge is -2.20. The monoisotopic (exact) mass is 176 g/mol. The molecule has 2 unspecified atom stereocenters. The summed E-state index contributed by atoms with van der Waals surface area (Å²) in [4.78, 5) is 4.51. The van der Waals surface area contributed by atoms with E-state index < -0.39 is 0 Å². The number of nitrogens with zero attached hydrogens (tertiary/aromatic N) is 2. The summed E-state index contributed by atoms with van der Waals surface area (Å²) in [6.45, 7) is 6.81. The summed E-state index contributed by atoms with van der Waals surface area (Å²) in [5, 5.41) is 0. The van der Waals surface area contributed by atoms with Gasteiger partial charge in [0.05, 0.1) is 0 Å². The summed E-state index contributed by atoms with van der Waals surface area (Å²) < 4.78 is 2.49. The number of rotatable bonds is 0. The Hall–Kier alpha value is -0.790. The zero-order chi connectivity index (χ0) is 9.22. The van der Waals surface area contributed by atoms with Gasteiger partial charge in [-0.25, -0.2) is 4.98 Å². The maximum atomic E-state index is 4.51. The molecule has 3 rings (SSSR count). The average molecular weight is 176 g/mol. The molecule has 0 saturated heterocycles. The van der Waals surface area contributed by atoms with E-state index in [-0.39, 0.29) is 5.41 Å². The summed E-state index contributed by atoms with van der Waals surface area (Å²) in [5.41, 5.74) is 1.68. The summed E-state index contributed by atoms with van der Waals surface area (Å²) in [6, 6.07) is 0.812. The highest BCUT2D eigenvalue weighted by molar-refractivity contribution is 5.23. The number of imidazole rings is 1. The molecule has 2 heteroatoms. The molecular formula is C11H16N2. The Morgan fingerprint density at radius 3 is 2.92 bits per heavy atom. The van der Waals surface area contributed by atoms with E-state index in [0.717, 1.165) is 12.0 Å². The molecule has 1 aliphatic carbocycles. The minimum absolute atomic E-state index is 0.253. The molecule has 13 heavy (non-hydrogen) atoms. The first-order chi connectivity index (χ1) is 6.07. The fourth-order valence-corrected chi connectivity index (χ4v) is 2.48. The van der Waals surface area contributed by atoms with Crippen molar-refractivity contribution in [3.05, 3.63) is 17.7 Å². The Morgan fingerprint density at radius 2 is 2.23 bits per heavy atom. The second-order valence-electron chi connectivity index (χ2n) is 5.45. The Morgan fingerprint density at radius 1 is 1.46 bits per heavy atom. The van der Waals surface area contributed by atoms with Crippen molar-refractivity contribution < 1.29 is 0 Å². The molecule has 1 fully saturated rings. The van der Waals surface area contributed by atoms with E-state index >= 15 is 0 Å². The van der Waals surface area contributed by atoms with Gasteiger partial charge in [0.1, 0.15) is 5.82 Å². The third-order valence-corrected chi connectivity index (χ3v) is 3.30. The van der Waals surface area contributed by atoms with Gasteiger partial charge in [-0.15, -0.1) is 0 Å². The zero-order valence-corrected chi connectivity index (χ0v) is 8.54. The molecule has 1 aliphatic heterocycles. The lowest BCUT2D eigenvalue weighted by atomic mass is 9.92. The molecule has 0 amide bonds. The van der Waals surface area contributed by atoms with Crippen LogP contribution in [0, 0.1) is 5.92 Å². The Bertz CT molecular complexity index is 357. The Kier molecular flexibility index (Phi) is 1.17. The molecule has 2 atom stereocenters. The van der Waals surface area contributed by atoms with Crippen LogP contribution in [-0.4, -0.2) is 9.55 Å². The Labute approximate surface area is 79.0 Å². The van der Waals surface area contributed by atoms with Crippen LogP contribution in [0.1, 0.15) is 44.8 Å². The van der Waals surface area contributed by atoms with Gasteiger partial charge in [-0.2, -0.15) is 0 Å². The second-order valence-corrected chi connectivity index (χ2v) is 5.45. The van der Waals surface area contributed by atoms with Crippen LogP contribution in [0.15, 0.2) is 6.20 Å². The fourth-order valence-electron chi connectivity index (χ4n) is 2.48. The van der Waals surface area contributed by atoms with Crippen molar-refractivity contribution in [1.82, 2.24) is 9.55 Å². The standard InChI is InChI=1S/C11H16N2/c1-11(2,3)9-6-12-10-5-7-4-8(7)13(9)10/h6-8H,4-5H2,1-3H3. The average Bonchev–Trinajstić information content (AvgIpc) is 2.51. The molecule has 1 saturated carbocycles. The molecular weight excluding hydrogens is 160 g/mol. The zero-order valence-electron chi connectivity index (χ0n) is 8.54. The maximum absolute atomic E-state index is 4.51. The Balaban J connectivity index is 2.13. The third kappa shape index (κ3) is 0.917. The number of fused-ring (bicyclic) bond motifs is 3. The van der Waals surface area contributed by atoms with E-state index in [1.165, 1.54) is 24.4 Å². The van der Waals surface area contributed by atoms with Gasteiger partial charge in [0, 0.05) is 29.8 Å². The highest BCUT2D eigenvalue weighted by atomic mass is 15.2. The van der Waals surface area contributed by atoms with E-state index in [1.54, 1.807) is 0 Å². The van der Waals surface area contributed by atoms with Gasteiger partial charge >= 0.3 is 0 Å². The van der Waals surface area contributed by atoms with Crippen LogP contribution in [0.3, 0.4) is 0 Å². The van der Waals surface area contributed by atoms with E-state index in [0.29, 0.717) is 0 Å². The highest BCUT2D eigenvalue weighted by Gasteiger charge is 2.47. The van der Waals surface area contributed by atoms with Crippen molar-refractivity contribution in [2.75, 3.05) is 0 Å². The largest absolute Gasteiger partial charge is 0.328 e. The minimum atomic E-state index is 0.253. The molecule has 0 spiro atoms.